The summed E-state index contributed by atoms with van der Waals surface area (Å²) in [5.41, 5.74) is 5.78. The van der Waals surface area contributed by atoms with Crippen LogP contribution in [-0.4, -0.2) is 39.7 Å². The van der Waals surface area contributed by atoms with Crippen LogP contribution >= 0.6 is 0 Å². The van der Waals surface area contributed by atoms with E-state index >= 15 is 0 Å². The minimum Gasteiger partial charge on any atom is -0.298 e. The van der Waals surface area contributed by atoms with Gasteiger partial charge in [0.2, 0.25) is 5.91 Å². The Bertz CT molecular complexity index is 858. The third-order valence-corrected chi connectivity index (χ3v) is 4.62. The van der Waals surface area contributed by atoms with Crippen LogP contribution in [0.4, 0.5) is 5.69 Å². The summed E-state index contributed by atoms with van der Waals surface area (Å²) in [4.78, 5) is 41.1. The number of benzene rings is 1. The van der Waals surface area contributed by atoms with Crippen LogP contribution in [0, 0.1) is 16.0 Å². The number of aromatic nitrogens is 1. The number of hydrogen-bond acceptors (Lipinski definition) is 6. The molecular weight excluding hydrogens is 362 g/mol. The maximum absolute atomic E-state index is 12.4. The number of amides is 2. The van der Waals surface area contributed by atoms with Gasteiger partial charge in [0, 0.05) is 43.2 Å². The maximum Gasteiger partial charge on any atom is 0.270 e. The minimum absolute atomic E-state index is 0.108. The maximum atomic E-state index is 12.4. The van der Waals surface area contributed by atoms with Gasteiger partial charge < -0.3 is 0 Å². The summed E-state index contributed by atoms with van der Waals surface area (Å²) < 4.78 is 0. The fourth-order valence-corrected chi connectivity index (χ4v) is 3.22. The van der Waals surface area contributed by atoms with Crippen molar-refractivity contribution in [3.63, 3.8) is 0 Å². The lowest BCUT2D eigenvalue weighted by Crippen LogP contribution is -2.48. The Morgan fingerprint density at radius 1 is 1.25 bits per heavy atom. The van der Waals surface area contributed by atoms with Gasteiger partial charge in [0.25, 0.3) is 11.6 Å². The van der Waals surface area contributed by atoms with Crippen molar-refractivity contribution in [2.45, 2.75) is 19.4 Å². The van der Waals surface area contributed by atoms with E-state index in [1.807, 2.05) is 18.3 Å². The Hall–Kier alpha value is -3.33. The number of likely N-dealkylation sites (tertiary alicyclic amines) is 1. The van der Waals surface area contributed by atoms with Crippen LogP contribution in [0.25, 0.3) is 0 Å². The van der Waals surface area contributed by atoms with Crippen LogP contribution in [0.3, 0.4) is 0 Å². The van der Waals surface area contributed by atoms with Crippen LogP contribution in [0.15, 0.2) is 48.8 Å². The highest BCUT2D eigenvalue weighted by atomic mass is 16.6. The number of nitro groups is 1. The molecule has 2 amide bonds. The third kappa shape index (κ3) is 5.10. The molecule has 9 nitrogen and oxygen atoms in total. The van der Waals surface area contributed by atoms with E-state index in [9.17, 15) is 19.7 Å². The number of nitrogens with one attached hydrogen (secondary N) is 2. The van der Waals surface area contributed by atoms with Gasteiger partial charge in [0.05, 0.1) is 10.8 Å². The summed E-state index contributed by atoms with van der Waals surface area (Å²) in [5, 5.41) is 10.8. The smallest absolute Gasteiger partial charge is 0.270 e. The normalized spacial score (nSPS) is 16.9. The van der Waals surface area contributed by atoms with Crippen LogP contribution in [0.2, 0.25) is 0 Å². The molecule has 1 aliphatic rings. The first-order chi connectivity index (χ1) is 13.5. The molecule has 0 bridgehead atoms. The molecule has 0 spiro atoms. The second-order valence-electron chi connectivity index (χ2n) is 6.69. The molecule has 28 heavy (non-hydrogen) atoms. The van der Waals surface area contributed by atoms with E-state index in [1.165, 1.54) is 18.2 Å². The largest absolute Gasteiger partial charge is 0.298 e. The van der Waals surface area contributed by atoms with Crippen molar-refractivity contribution >= 4 is 17.5 Å². The highest BCUT2D eigenvalue weighted by Gasteiger charge is 2.26. The van der Waals surface area contributed by atoms with Crippen molar-refractivity contribution in [3.8, 4) is 0 Å². The van der Waals surface area contributed by atoms with Gasteiger partial charge in [-0.2, -0.15) is 0 Å². The number of carbonyl (C=O) groups is 2. The molecule has 9 heteroatoms. The molecule has 1 aromatic carbocycles. The quantitative estimate of drug-likeness (QED) is 0.599. The van der Waals surface area contributed by atoms with Gasteiger partial charge >= 0.3 is 0 Å². The van der Waals surface area contributed by atoms with Crippen molar-refractivity contribution in [3.05, 3.63) is 70.0 Å². The molecule has 1 saturated heterocycles. The molecule has 0 aliphatic carbocycles. The zero-order valence-corrected chi connectivity index (χ0v) is 15.2. The first-order valence-corrected chi connectivity index (χ1v) is 8.99. The van der Waals surface area contributed by atoms with E-state index in [0.717, 1.165) is 37.6 Å². The number of hydrogen-bond donors (Lipinski definition) is 2. The highest BCUT2D eigenvalue weighted by Crippen LogP contribution is 2.18. The lowest BCUT2D eigenvalue weighted by atomic mass is 9.97. The fraction of sp³-hybridized carbons (Fsp3) is 0.316. The molecule has 1 aliphatic heterocycles. The van der Waals surface area contributed by atoms with Crippen LogP contribution < -0.4 is 10.9 Å². The SMILES string of the molecule is O=C(NNC(=O)C1CCCN(Cc2cccnc2)C1)c1cccc([N+](=O)[O-])c1. The molecule has 2 N–H and O–H groups in total. The summed E-state index contributed by atoms with van der Waals surface area (Å²) in [6.07, 6.45) is 5.15. The first-order valence-electron chi connectivity index (χ1n) is 8.99. The summed E-state index contributed by atoms with van der Waals surface area (Å²) in [6.45, 7) is 2.21. The van der Waals surface area contributed by atoms with Crippen LogP contribution in [0.1, 0.15) is 28.8 Å². The Kier molecular flexibility index (Phi) is 6.28. The molecule has 2 heterocycles. The van der Waals surface area contributed by atoms with Gasteiger partial charge in [-0.1, -0.05) is 12.1 Å². The second-order valence-corrected chi connectivity index (χ2v) is 6.69. The number of rotatable bonds is 5. The average molecular weight is 383 g/mol. The molecule has 0 saturated carbocycles. The van der Waals surface area contributed by atoms with Crippen molar-refractivity contribution in [2.24, 2.45) is 5.92 Å². The number of nitro benzene ring substituents is 1. The predicted octanol–water partition coefficient (Wildman–Crippen LogP) is 1.66. The number of carbonyl (C=O) groups excluding carboxylic acids is 2. The Labute approximate surface area is 161 Å². The predicted molar refractivity (Wildman–Crippen MR) is 101 cm³/mol. The van der Waals surface area contributed by atoms with Gasteiger partial charge in [-0.3, -0.25) is 40.4 Å². The number of pyridine rings is 1. The molecule has 2 aromatic rings. The topological polar surface area (TPSA) is 117 Å². The number of non-ortho nitro benzene ring substituents is 1. The van der Waals surface area contributed by atoms with Gasteiger partial charge in [-0.05, 0) is 37.1 Å². The monoisotopic (exact) mass is 383 g/mol. The lowest BCUT2D eigenvalue weighted by molar-refractivity contribution is -0.384. The van der Waals surface area contributed by atoms with Crippen LogP contribution in [0.5, 0.6) is 0 Å². The van der Waals surface area contributed by atoms with E-state index < -0.39 is 10.8 Å². The van der Waals surface area contributed by atoms with Gasteiger partial charge in [0.15, 0.2) is 0 Å². The highest BCUT2D eigenvalue weighted by molar-refractivity contribution is 5.96. The molecule has 1 atom stereocenters. The van der Waals surface area contributed by atoms with Crippen LogP contribution in [-0.2, 0) is 11.3 Å². The van der Waals surface area contributed by atoms with Crippen molar-refractivity contribution in [1.82, 2.24) is 20.7 Å². The van der Waals surface area contributed by atoms with Gasteiger partial charge in [-0.15, -0.1) is 0 Å². The number of piperidine rings is 1. The fourth-order valence-electron chi connectivity index (χ4n) is 3.22. The first kappa shape index (κ1) is 19.4. The van der Waals surface area contributed by atoms with Gasteiger partial charge in [0.1, 0.15) is 0 Å². The molecule has 146 valence electrons. The molecular formula is C19H21N5O4. The number of nitrogens with zero attached hydrogens (tertiary/aromatic N) is 3. The molecule has 1 fully saturated rings. The van der Waals surface area contributed by atoms with E-state index in [4.69, 9.17) is 0 Å². The molecule has 1 aromatic heterocycles. The van der Waals surface area contributed by atoms with Gasteiger partial charge in [-0.25, -0.2) is 0 Å². The molecule has 0 radical (unpaired) electrons. The second kappa shape index (κ2) is 9.05. The van der Waals surface area contributed by atoms with Crippen molar-refractivity contribution in [1.29, 1.82) is 0 Å². The summed E-state index contributed by atoms with van der Waals surface area (Å²) in [7, 11) is 0. The zero-order chi connectivity index (χ0) is 19.9. The molecule has 1 unspecified atom stereocenters. The molecule has 3 rings (SSSR count). The standard InChI is InChI=1S/C19H21N5O4/c25-18(15-5-1-7-17(10-15)24(27)28)21-22-19(26)16-6-3-9-23(13-16)12-14-4-2-8-20-11-14/h1-2,4-5,7-8,10-11,16H,3,6,9,12-13H2,(H,21,25)(H,22,26). The lowest BCUT2D eigenvalue weighted by Gasteiger charge is -2.31. The summed E-state index contributed by atoms with van der Waals surface area (Å²) >= 11 is 0. The third-order valence-electron chi connectivity index (χ3n) is 4.62. The average Bonchev–Trinajstić information content (AvgIpc) is 2.72. The summed E-state index contributed by atoms with van der Waals surface area (Å²) in [6, 6.07) is 9.21. The van der Waals surface area contributed by atoms with Crippen molar-refractivity contribution < 1.29 is 14.5 Å². The number of hydrazine groups is 1. The summed E-state index contributed by atoms with van der Waals surface area (Å²) in [5.74, 6) is -1.11. The van der Waals surface area contributed by atoms with E-state index in [2.05, 4.69) is 20.7 Å². The van der Waals surface area contributed by atoms with E-state index in [1.54, 1.807) is 6.20 Å². The minimum atomic E-state index is -0.597. The van der Waals surface area contributed by atoms with E-state index in [-0.39, 0.29) is 23.1 Å². The zero-order valence-electron chi connectivity index (χ0n) is 15.2. The van der Waals surface area contributed by atoms with E-state index in [0.29, 0.717) is 6.54 Å². The Morgan fingerprint density at radius 3 is 2.86 bits per heavy atom. The Morgan fingerprint density at radius 2 is 2.11 bits per heavy atom. The van der Waals surface area contributed by atoms with Crippen molar-refractivity contribution in [2.75, 3.05) is 13.1 Å². The Balaban J connectivity index is 1.52.